The third-order valence-electron chi connectivity index (χ3n) is 4.38. The van der Waals surface area contributed by atoms with Crippen LogP contribution in [0.25, 0.3) is 0 Å². The second kappa shape index (κ2) is 5.99. The summed E-state index contributed by atoms with van der Waals surface area (Å²) in [4.78, 5) is 4.03. The van der Waals surface area contributed by atoms with E-state index < -0.39 is 5.60 Å². The SMILES string of the molecule is N#Cc1cn(CC2(c3ccc(F)cc3)OC2c2ccccc2Cl)cn1. The highest BCUT2D eigenvalue weighted by Crippen LogP contribution is 2.59. The fourth-order valence-corrected chi connectivity index (χ4v) is 3.35. The molecule has 0 saturated carbocycles. The Morgan fingerprint density at radius 3 is 2.68 bits per heavy atom. The smallest absolute Gasteiger partial charge is 0.158 e. The Bertz CT molecular complexity index is 963. The summed E-state index contributed by atoms with van der Waals surface area (Å²) < 4.78 is 21.3. The molecule has 0 N–H and O–H groups in total. The molecule has 6 heteroatoms. The van der Waals surface area contributed by atoms with Gasteiger partial charge in [-0.2, -0.15) is 5.26 Å². The molecule has 2 aromatic carbocycles. The quantitative estimate of drug-likeness (QED) is 0.660. The molecule has 0 bridgehead atoms. The van der Waals surface area contributed by atoms with E-state index in [0.717, 1.165) is 11.1 Å². The zero-order valence-electron chi connectivity index (χ0n) is 13.1. The maximum Gasteiger partial charge on any atom is 0.158 e. The molecule has 0 radical (unpaired) electrons. The van der Waals surface area contributed by atoms with Crippen LogP contribution in [0.1, 0.15) is 22.9 Å². The van der Waals surface area contributed by atoms with Crippen molar-refractivity contribution in [1.29, 1.82) is 5.26 Å². The van der Waals surface area contributed by atoms with Crippen molar-refractivity contribution in [2.45, 2.75) is 18.2 Å². The Morgan fingerprint density at radius 1 is 1.24 bits per heavy atom. The molecule has 3 aromatic rings. The maximum atomic E-state index is 13.3. The van der Waals surface area contributed by atoms with Crippen LogP contribution in [-0.4, -0.2) is 9.55 Å². The van der Waals surface area contributed by atoms with Crippen molar-refractivity contribution in [3.63, 3.8) is 0 Å². The van der Waals surface area contributed by atoms with Crippen molar-refractivity contribution in [3.8, 4) is 6.07 Å². The normalized spacial score (nSPS) is 21.7. The number of epoxide rings is 1. The minimum atomic E-state index is -0.674. The molecule has 25 heavy (non-hydrogen) atoms. The molecule has 0 aliphatic carbocycles. The van der Waals surface area contributed by atoms with Crippen LogP contribution < -0.4 is 0 Å². The summed E-state index contributed by atoms with van der Waals surface area (Å²) in [6.45, 7) is 0.448. The minimum Gasteiger partial charge on any atom is -0.354 e. The van der Waals surface area contributed by atoms with E-state index in [0.29, 0.717) is 17.3 Å². The number of ether oxygens (including phenoxy) is 1. The summed E-state index contributed by atoms with van der Waals surface area (Å²) in [6, 6.07) is 15.8. The van der Waals surface area contributed by atoms with Gasteiger partial charge in [-0.1, -0.05) is 41.9 Å². The molecule has 1 saturated heterocycles. The van der Waals surface area contributed by atoms with Gasteiger partial charge in [0.2, 0.25) is 0 Å². The van der Waals surface area contributed by atoms with Gasteiger partial charge in [-0.25, -0.2) is 9.37 Å². The van der Waals surface area contributed by atoms with Crippen LogP contribution in [0.2, 0.25) is 5.02 Å². The van der Waals surface area contributed by atoms with E-state index in [9.17, 15) is 4.39 Å². The van der Waals surface area contributed by atoms with Crippen molar-refractivity contribution < 1.29 is 9.13 Å². The van der Waals surface area contributed by atoms with Gasteiger partial charge in [0.25, 0.3) is 0 Å². The molecule has 2 unspecified atom stereocenters. The average molecular weight is 354 g/mol. The second-order valence-electron chi connectivity index (χ2n) is 5.96. The van der Waals surface area contributed by atoms with Gasteiger partial charge >= 0.3 is 0 Å². The highest BCUT2D eigenvalue weighted by molar-refractivity contribution is 6.31. The first-order chi connectivity index (χ1) is 12.1. The van der Waals surface area contributed by atoms with Crippen molar-refractivity contribution in [1.82, 2.24) is 9.55 Å². The second-order valence-corrected chi connectivity index (χ2v) is 6.37. The van der Waals surface area contributed by atoms with Gasteiger partial charge in [-0.3, -0.25) is 0 Å². The van der Waals surface area contributed by atoms with Gasteiger partial charge in [-0.15, -0.1) is 0 Å². The molecular weight excluding hydrogens is 341 g/mol. The molecule has 1 aliphatic heterocycles. The fraction of sp³-hybridized carbons (Fsp3) is 0.158. The number of hydrogen-bond acceptors (Lipinski definition) is 3. The number of nitriles is 1. The van der Waals surface area contributed by atoms with E-state index in [-0.39, 0.29) is 11.9 Å². The van der Waals surface area contributed by atoms with Gasteiger partial charge < -0.3 is 9.30 Å². The highest BCUT2D eigenvalue weighted by Gasteiger charge is 2.59. The molecule has 1 aliphatic rings. The van der Waals surface area contributed by atoms with Crippen molar-refractivity contribution in [2.75, 3.05) is 0 Å². The number of halogens is 2. The average Bonchev–Trinajstić information content (AvgIpc) is 3.15. The standard InChI is InChI=1S/C19H13ClFN3O/c20-17-4-2-1-3-16(17)18-19(25-18,13-5-7-14(21)8-6-13)11-24-10-15(9-22)23-12-24/h1-8,10,12,18H,11H2. The van der Waals surface area contributed by atoms with E-state index in [1.54, 1.807) is 29.2 Å². The van der Waals surface area contributed by atoms with Crippen LogP contribution in [0.4, 0.5) is 4.39 Å². The van der Waals surface area contributed by atoms with Crippen molar-refractivity contribution in [2.24, 2.45) is 0 Å². The number of nitrogens with zero attached hydrogens (tertiary/aromatic N) is 3. The lowest BCUT2D eigenvalue weighted by atomic mass is 9.91. The van der Waals surface area contributed by atoms with Gasteiger partial charge in [-0.05, 0) is 23.8 Å². The summed E-state index contributed by atoms with van der Waals surface area (Å²) in [5.74, 6) is -0.303. The van der Waals surface area contributed by atoms with Gasteiger partial charge in [0.1, 0.15) is 23.6 Å². The van der Waals surface area contributed by atoms with Crippen LogP contribution in [-0.2, 0) is 16.9 Å². The Morgan fingerprint density at radius 2 is 2.00 bits per heavy atom. The zero-order chi connectivity index (χ0) is 17.4. The number of aromatic nitrogens is 2. The molecule has 124 valence electrons. The first kappa shape index (κ1) is 15.8. The highest BCUT2D eigenvalue weighted by atomic mass is 35.5. The van der Waals surface area contributed by atoms with Gasteiger partial charge in [0, 0.05) is 16.8 Å². The molecule has 1 fully saturated rings. The summed E-state index contributed by atoms with van der Waals surface area (Å²) in [6.07, 6.45) is 3.01. The number of benzene rings is 2. The summed E-state index contributed by atoms with van der Waals surface area (Å²) in [5, 5.41) is 9.59. The van der Waals surface area contributed by atoms with Crippen LogP contribution in [0.3, 0.4) is 0 Å². The molecule has 2 heterocycles. The largest absolute Gasteiger partial charge is 0.354 e. The Balaban J connectivity index is 1.73. The van der Waals surface area contributed by atoms with Crippen LogP contribution >= 0.6 is 11.6 Å². The van der Waals surface area contributed by atoms with Crippen LogP contribution in [0.5, 0.6) is 0 Å². The molecule has 0 amide bonds. The van der Waals surface area contributed by atoms with E-state index in [1.165, 1.54) is 12.1 Å². The Labute approximate surface area is 149 Å². The number of rotatable bonds is 4. The Kier molecular flexibility index (Phi) is 3.79. The third kappa shape index (κ3) is 2.80. The van der Waals surface area contributed by atoms with Crippen LogP contribution in [0, 0.1) is 17.1 Å². The van der Waals surface area contributed by atoms with E-state index in [2.05, 4.69) is 4.98 Å². The number of hydrogen-bond donors (Lipinski definition) is 0. The first-order valence-electron chi connectivity index (χ1n) is 7.72. The topological polar surface area (TPSA) is 54.1 Å². The fourth-order valence-electron chi connectivity index (χ4n) is 3.12. The van der Waals surface area contributed by atoms with Crippen molar-refractivity contribution >= 4 is 11.6 Å². The molecule has 4 rings (SSSR count). The van der Waals surface area contributed by atoms with Crippen LogP contribution in [0.15, 0.2) is 61.1 Å². The zero-order valence-corrected chi connectivity index (χ0v) is 13.8. The Hall–Kier alpha value is -2.68. The number of imidazole rings is 1. The summed E-state index contributed by atoms with van der Waals surface area (Å²) >= 11 is 6.33. The van der Waals surface area contributed by atoms with E-state index in [4.69, 9.17) is 21.6 Å². The lowest BCUT2D eigenvalue weighted by Gasteiger charge is -2.15. The first-order valence-corrected chi connectivity index (χ1v) is 8.10. The monoisotopic (exact) mass is 353 g/mol. The molecular formula is C19H13ClFN3O. The summed E-state index contributed by atoms with van der Waals surface area (Å²) in [7, 11) is 0. The van der Waals surface area contributed by atoms with E-state index >= 15 is 0 Å². The third-order valence-corrected chi connectivity index (χ3v) is 4.72. The lowest BCUT2D eigenvalue weighted by Crippen LogP contribution is -2.18. The maximum absolute atomic E-state index is 13.3. The summed E-state index contributed by atoms with van der Waals surface area (Å²) in [5.41, 5.74) is 1.40. The van der Waals surface area contributed by atoms with Crippen molar-refractivity contribution in [3.05, 3.63) is 88.7 Å². The molecule has 1 aromatic heterocycles. The predicted molar refractivity (Wildman–Crippen MR) is 90.3 cm³/mol. The molecule has 2 atom stereocenters. The lowest BCUT2D eigenvalue weighted by molar-refractivity contribution is 0.270. The predicted octanol–water partition coefficient (Wildman–Crippen LogP) is 4.21. The minimum absolute atomic E-state index is 0.250. The van der Waals surface area contributed by atoms with Gasteiger partial charge in [0.05, 0.1) is 12.9 Å². The van der Waals surface area contributed by atoms with E-state index in [1.807, 2.05) is 30.3 Å². The molecule has 0 spiro atoms. The van der Waals surface area contributed by atoms with Gasteiger partial charge in [0.15, 0.2) is 5.69 Å². The molecule has 4 nitrogen and oxygen atoms in total.